The van der Waals surface area contributed by atoms with E-state index >= 15 is 0 Å². The summed E-state index contributed by atoms with van der Waals surface area (Å²) in [6.45, 7) is 5.53. The fourth-order valence-electron chi connectivity index (χ4n) is 7.82. The van der Waals surface area contributed by atoms with Gasteiger partial charge in [-0.25, -0.2) is 4.57 Å². The predicted octanol–water partition coefficient (Wildman–Crippen LogP) is 17.6. The number of phosphoric acid groups is 1. The van der Waals surface area contributed by atoms with Crippen molar-refractivity contribution >= 4 is 13.8 Å². The number of ether oxygens (including phenoxy) is 2. The van der Waals surface area contributed by atoms with Gasteiger partial charge in [-0.05, 0) is 57.8 Å². The topological polar surface area (TPSA) is 91.3 Å². The molecule has 0 amide bonds. The van der Waals surface area contributed by atoms with Gasteiger partial charge in [0.1, 0.15) is 19.3 Å². The summed E-state index contributed by atoms with van der Waals surface area (Å²) in [5.74, 6) is -0.322. The van der Waals surface area contributed by atoms with Gasteiger partial charge in [0, 0.05) is 13.0 Å². The summed E-state index contributed by atoms with van der Waals surface area (Å²) < 4.78 is 35.2. The highest BCUT2D eigenvalue weighted by atomic mass is 31.2. The first-order valence-corrected chi connectivity index (χ1v) is 29.5. The molecule has 392 valence electrons. The Hall–Kier alpha value is -1.80. The van der Waals surface area contributed by atoms with E-state index in [0.717, 1.165) is 70.6 Å². The molecular weight excluding hydrogens is 854 g/mol. The highest BCUT2D eigenvalue weighted by Gasteiger charge is 2.26. The number of unbranched alkanes of at least 4 members (excludes halogenated alkanes) is 28. The number of allylic oxidation sites excluding steroid dienone is 10. The van der Waals surface area contributed by atoms with Crippen LogP contribution in [-0.4, -0.2) is 75.6 Å². The Kier molecular flexibility index (Phi) is 49.2. The highest BCUT2D eigenvalue weighted by Crippen LogP contribution is 2.43. The first-order chi connectivity index (χ1) is 32.6. The predicted molar refractivity (Wildman–Crippen MR) is 289 cm³/mol. The van der Waals surface area contributed by atoms with Crippen LogP contribution in [0.25, 0.3) is 0 Å². The van der Waals surface area contributed by atoms with Crippen molar-refractivity contribution in [1.82, 2.24) is 0 Å². The Labute approximate surface area is 415 Å². The average Bonchev–Trinajstić information content (AvgIpc) is 3.29. The molecule has 2 atom stereocenters. The lowest BCUT2D eigenvalue weighted by Crippen LogP contribution is -2.37. The molecule has 0 rings (SSSR count). The van der Waals surface area contributed by atoms with Gasteiger partial charge in [0.25, 0.3) is 0 Å². The summed E-state index contributed by atoms with van der Waals surface area (Å²) in [5, 5.41) is 0. The molecule has 0 aromatic carbocycles. The third-order valence-corrected chi connectivity index (χ3v) is 13.1. The fraction of sp³-hybridized carbons (Fsp3) is 0.810. The first-order valence-electron chi connectivity index (χ1n) is 28.0. The molecule has 0 heterocycles. The molecule has 0 saturated heterocycles. The molecule has 0 spiro atoms. The van der Waals surface area contributed by atoms with E-state index in [0.29, 0.717) is 24.1 Å². The molecule has 67 heavy (non-hydrogen) atoms. The molecule has 1 N–H and O–H groups in total. The molecule has 8 nitrogen and oxygen atoms in total. The van der Waals surface area contributed by atoms with Crippen molar-refractivity contribution in [2.75, 3.05) is 54.1 Å². The number of quaternary nitrogens is 1. The molecule has 0 aliphatic carbocycles. The summed E-state index contributed by atoms with van der Waals surface area (Å²) in [4.78, 5) is 23.1. The Morgan fingerprint density at radius 3 is 1.30 bits per heavy atom. The van der Waals surface area contributed by atoms with Crippen LogP contribution in [0.3, 0.4) is 0 Å². The van der Waals surface area contributed by atoms with Crippen LogP contribution in [0.2, 0.25) is 0 Å². The molecule has 0 aliphatic heterocycles. The van der Waals surface area contributed by atoms with Gasteiger partial charge in [-0.3, -0.25) is 13.8 Å². The summed E-state index contributed by atoms with van der Waals surface area (Å²) in [6, 6.07) is 0. The molecule has 0 aliphatic rings. The number of hydrogen-bond donors (Lipinski definition) is 1. The molecule has 0 saturated carbocycles. The highest BCUT2D eigenvalue weighted by molar-refractivity contribution is 7.47. The van der Waals surface area contributed by atoms with Gasteiger partial charge < -0.3 is 18.9 Å². The normalized spacial score (nSPS) is 13.9. The van der Waals surface area contributed by atoms with E-state index in [9.17, 15) is 14.3 Å². The van der Waals surface area contributed by atoms with Gasteiger partial charge in [0.15, 0.2) is 0 Å². The zero-order valence-corrected chi connectivity index (χ0v) is 45.5. The number of carbonyl (C=O) groups is 1. The van der Waals surface area contributed by atoms with E-state index in [4.69, 9.17) is 18.5 Å². The van der Waals surface area contributed by atoms with Gasteiger partial charge in [0.05, 0.1) is 34.4 Å². The van der Waals surface area contributed by atoms with Crippen molar-refractivity contribution in [3.8, 4) is 0 Å². The van der Waals surface area contributed by atoms with E-state index in [1.807, 2.05) is 21.1 Å². The number of rotatable bonds is 52. The lowest BCUT2D eigenvalue weighted by atomic mass is 10.0. The van der Waals surface area contributed by atoms with Crippen LogP contribution in [0.4, 0.5) is 0 Å². The van der Waals surface area contributed by atoms with Crippen molar-refractivity contribution in [1.29, 1.82) is 0 Å². The number of likely N-dealkylation sites (N-methyl/N-ethyl adjacent to an activating group) is 1. The van der Waals surface area contributed by atoms with E-state index in [2.05, 4.69) is 74.6 Å². The smallest absolute Gasteiger partial charge is 0.457 e. The monoisotopic (exact) mass is 963 g/mol. The number of nitrogens with zero attached hydrogens (tertiary/aromatic N) is 1. The molecule has 0 fully saturated rings. The maximum atomic E-state index is 12.8. The summed E-state index contributed by atoms with van der Waals surface area (Å²) in [6.07, 6.45) is 65.6. The van der Waals surface area contributed by atoms with Gasteiger partial charge >= 0.3 is 13.8 Å². The Balaban J connectivity index is 4.11. The summed E-state index contributed by atoms with van der Waals surface area (Å²) in [5.41, 5.74) is 0. The van der Waals surface area contributed by atoms with E-state index in [1.165, 1.54) is 154 Å². The van der Waals surface area contributed by atoms with Gasteiger partial charge in [-0.15, -0.1) is 0 Å². The van der Waals surface area contributed by atoms with Gasteiger partial charge in [-0.2, -0.15) is 0 Å². The lowest BCUT2D eigenvalue weighted by Gasteiger charge is -2.24. The van der Waals surface area contributed by atoms with Crippen LogP contribution in [0.1, 0.15) is 245 Å². The zero-order valence-electron chi connectivity index (χ0n) is 44.6. The van der Waals surface area contributed by atoms with Crippen LogP contribution in [0, 0.1) is 0 Å². The second-order valence-corrected chi connectivity index (χ2v) is 21.4. The van der Waals surface area contributed by atoms with Crippen LogP contribution >= 0.6 is 7.82 Å². The maximum absolute atomic E-state index is 12.8. The fourth-order valence-corrected chi connectivity index (χ4v) is 8.56. The minimum atomic E-state index is -4.29. The van der Waals surface area contributed by atoms with Crippen molar-refractivity contribution in [2.45, 2.75) is 251 Å². The van der Waals surface area contributed by atoms with E-state index in [-0.39, 0.29) is 25.8 Å². The number of phosphoric ester groups is 1. The van der Waals surface area contributed by atoms with Crippen molar-refractivity contribution < 1.29 is 37.3 Å². The molecule has 2 unspecified atom stereocenters. The maximum Gasteiger partial charge on any atom is 0.472 e. The molecule has 9 heteroatoms. The van der Waals surface area contributed by atoms with E-state index < -0.39 is 13.9 Å². The zero-order chi connectivity index (χ0) is 49.0. The second-order valence-electron chi connectivity index (χ2n) is 19.9. The number of esters is 1. The minimum Gasteiger partial charge on any atom is -0.457 e. The third kappa shape index (κ3) is 55.0. The van der Waals surface area contributed by atoms with Crippen molar-refractivity contribution in [3.63, 3.8) is 0 Å². The minimum absolute atomic E-state index is 0.0854. The van der Waals surface area contributed by atoms with Gasteiger partial charge in [-0.1, -0.05) is 242 Å². The van der Waals surface area contributed by atoms with Crippen molar-refractivity contribution in [3.05, 3.63) is 60.8 Å². The first kappa shape index (κ1) is 65.2. The van der Waals surface area contributed by atoms with Crippen LogP contribution in [0.5, 0.6) is 0 Å². The van der Waals surface area contributed by atoms with Gasteiger partial charge in [0.2, 0.25) is 0 Å². The van der Waals surface area contributed by atoms with Crippen LogP contribution in [-0.2, 0) is 27.9 Å². The summed E-state index contributed by atoms with van der Waals surface area (Å²) >= 11 is 0. The molecular formula is C58H109NO7P+. The second kappa shape index (κ2) is 50.6. The lowest BCUT2D eigenvalue weighted by molar-refractivity contribution is -0.870. The van der Waals surface area contributed by atoms with E-state index in [1.54, 1.807) is 0 Å². The average molecular weight is 963 g/mol. The quantitative estimate of drug-likeness (QED) is 0.0213. The third-order valence-electron chi connectivity index (χ3n) is 12.1. The Bertz CT molecular complexity index is 1260. The largest absolute Gasteiger partial charge is 0.472 e. The Morgan fingerprint density at radius 2 is 0.866 bits per heavy atom. The molecule has 0 bridgehead atoms. The van der Waals surface area contributed by atoms with Crippen molar-refractivity contribution in [2.24, 2.45) is 0 Å². The SMILES string of the molecule is CC/C=C\C/C=C\C/C=C\C/C=C\C/C=C\CCCCCCCCCC(=O)OC(COCCCCCCCCCCCCCCCCCCCCCCCC)COP(=O)(O)OCC[N+](C)(C)C. The summed E-state index contributed by atoms with van der Waals surface area (Å²) in [7, 11) is 1.66. The molecule has 0 aromatic heterocycles. The Morgan fingerprint density at radius 1 is 0.478 bits per heavy atom. The molecule has 0 aromatic rings. The number of carbonyl (C=O) groups excluding carboxylic acids is 1. The number of hydrogen-bond acceptors (Lipinski definition) is 6. The molecule has 0 radical (unpaired) electrons. The van der Waals surface area contributed by atoms with Crippen LogP contribution < -0.4 is 0 Å². The van der Waals surface area contributed by atoms with Crippen LogP contribution in [0.15, 0.2) is 60.8 Å². The standard InChI is InChI=1S/C58H108NO7P/c1-6-8-10-12-14-16-18-20-22-24-26-28-30-31-33-35-37-39-41-43-45-47-49-51-58(60)66-57(56-65-67(61,62)64-54-52-59(3,4)5)55-63-53-50-48-46-44-42-40-38-36-34-32-29-27-25-23-21-19-17-15-13-11-9-7-2/h8,10,14,16,20,22,26,28,31,33,57H,6-7,9,11-13,15,17-19,21,23-25,27,29-30,32,34-56H2,1-5H3/p+1/b10-8-,16-14-,22-20-,28-26-,33-31-.